The number of carbonyl (C=O) groups excluding carboxylic acids is 1. The van der Waals surface area contributed by atoms with E-state index in [0.717, 1.165) is 24.0 Å². The van der Waals surface area contributed by atoms with Gasteiger partial charge in [0.15, 0.2) is 10.3 Å². The number of thiazole rings is 1. The van der Waals surface area contributed by atoms with E-state index in [0.29, 0.717) is 16.4 Å². The molecule has 1 atom stereocenters. The predicted octanol–water partition coefficient (Wildman–Crippen LogP) is 4.88. The Kier molecular flexibility index (Phi) is 5.94. The van der Waals surface area contributed by atoms with E-state index < -0.39 is 23.0 Å². The van der Waals surface area contributed by atoms with Crippen LogP contribution in [-0.4, -0.2) is 26.1 Å². The molecule has 1 unspecified atom stereocenters. The highest BCUT2D eigenvalue weighted by Crippen LogP contribution is 2.30. The maximum absolute atomic E-state index is 13.0. The number of halogens is 4. The van der Waals surface area contributed by atoms with Crippen molar-refractivity contribution in [3.63, 3.8) is 0 Å². The van der Waals surface area contributed by atoms with Crippen molar-refractivity contribution in [1.82, 2.24) is 15.0 Å². The first-order valence-corrected chi connectivity index (χ1v) is 9.57. The number of aromatic nitrogens is 3. The first-order chi connectivity index (χ1) is 13.2. The van der Waals surface area contributed by atoms with Crippen LogP contribution in [0.4, 0.5) is 22.7 Å². The van der Waals surface area contributed by atoms with E-state index in [9.17, 15) is 22.4 Å². The fraction of sp³-hybridized carbons (Fsp3) is 0.176. The number of benzene rings is 1. The molecule has 1 amide bonds. The molecular weight excluding hydrogens is 416 g/mol. The van der Waals surface area contributed by atoms with Crippen molar-refractivity contribution in [1.29, 1.82) is 0 Å². The topological polar surface area (TPSA) is 67.8 Å². The van der Waals surface area contributed by atoms with Crippen LogP contribution in [0.1, 0.15) is 12.6 Å². The van der Waals surface area contributed by atoms with Gasteiger partial charge in [-0.15, -0.1) is 11.3 Å². The van der Waals surface area contributed by atoms with Crippen LogP contribution >= 0.6 is 23.1 Å². The predicted molar refractivity (Wildman–Crippen MR) is 98.5 cm³/mol. The Balaban J connectivity index is 1.64. The van der Waals surface area contributed by atoms with E-state index in [1.54, 1.807) is 17.5 Å². The lowest BCUT2D eigenvalue weighted by molar-refractivity contribution is -0.141. The second-order valence-corrected chi connectivity index (χ2v) is 7.68. The van der Waals surface area contributed by atoms with Gasteiger partial charge in [0.1, 0.15) is 11.5 Å². The largest absolute Gasteiger partial charge is 0.433 e. The Bertz CT molecular complexity index is 976. The molecule has 2 heterocycles. The van der Waals surface area contributed by atoms with Crippen LogP contribution in [0.5, 0.6) is 0 Å². The maximum Gasteiger partial charge on any atom is 0.433 e. The Morgan fingerprint density at radius 3 is 2.57 bits per heavy atom. The van der Waals surface area contributed by atoms with Gasteiger partial charge in [0.2, 0.25) is 5.91 Å². The van der Waals surface area contributed by atoms with Crippen LogP contribution in [0.25, 0.3) is 11.3 Å². The normalized spacial score (nSPS) is 12.6. The quantitative estimate of drug-likeness (QED) is 0.357. The van der Waals surface area contributed by atoms with E-state index >= 15 is 0 Å². The monoisotopic (exact) mass is 428 g/mol. The Morgan fingerprint density at radius 1 is 1.18 bits per heavy atom. The summed E-state index contributed by atoms with van der Waals surface area (Å²) in [5.74, 6) is -0.818. The zero-order valence-electron chi connectivity index (χ0n) is 14.2. The number of hydrogen-bond acceptors (Lipinski definition) is 6. The minimum absolute atomic E-state index is 0.149. The van der Waals surface area contributed by atoms with Crippen molar-refractivity contribution in [3.8, 4) is 11.3 Å². The van der Waals surface area contributed by atoms with Crippen LogP contribution in [0.15, 0.2) is 47.1 Å². The minimum atomic E-state index is -4.58. The zero-order chi connectivity index (χ0) is 20.3. The Labute approximate surface area is 165 Å². The molecule has 28 heavy (non-hydrogen) atoms. The fourth-order valence-corrected chi connectivity index (χ4v) is 3.54. The molecule has 1 aromatic carbocycles. The number of thioether (sulfide) groups is 1. The molecule has 3 aromatic rings. The molecule has 0 spiro atoms. The summed E-state index contributed by atoms with van der Waals surface area (Å²) < 4.78 is 51.1. The second kappa shape index (κ2) is 8.23. The van der Waals surface area contributed by atoms with Gasteiger partial charge in [0.05, 0.1) is 10.9 Å². The zero-order valence-corrected chi connectivity index (χ0v) is 15.8. The third-order valence-corrected chi connectivity index (χ3v) is 5.18. The highest BCUT2D eigenvalue weighted by molar-refractivity contribution is 8.00. The summed E-state index contributed by atoms with van der Waals surface area (Å²) in [6.45, 7) is 1.53. The first kappa shape index (κ1) is 20.2. The highest BCUT2D eigenvalue weighted by Gasteiger charge is 2.33. The molecule has 0 saturated heterocycles. The van der Waals surface area contributed by atoms with Crippen LogP contribution in [0.3, 0.4) is 0 Å². The van der Waals surface area contributed by atoms with Crippen LogP contribution in [-0.2, 0) is 11.0 Å². The number of carbonyl (C=O) groups is 1. The summed E-state index contributed by atoms with van der Waals surface area (Å²) in [6, 6.07) is 6.52. The van der Waals surface area contributed by atoms with Gasteiger partial charge in [0, 0.05) is 17.1 Å². The van der Waals surface area contributed by atoms with Gasteiger partial charge < -0.3 is 5.32 Å². The molecular formula is C17H12F4N4OS2. The molecule has 0 bridgehead atoms. The molecule has 0 radical (unpaired) electrons. The summed E-state index contributed by atoms with van der Waals surface area (Å²) in [7, 11) is 0. The number of nitrogens with one attached hydrogen (secondary N) is 1. The maximum atomic E-state index is 13.0. The van der Waals surface area contributed by atoms with Crippen molar-refractivity contribution < 1.29 is 22.4 Å². The van der Waals surface area contributed by atoms with E-state index in [1.165, 1.54) is 30.4 Å². The van der Waals surface area contributed by atoms with Crippen molar-refractivity contribution >= 4 is 34.1 Å². The molecule has 11 heteroatoms. The smallest absolute Gasteiger partial charge is 0.301 e. The number of hydrogen-bond donors (Lipinski definition) is 1. The fourth-order valence-electron chi connectivity index (χ4n) is 2.06. The third-order valence-electron chi connectivity index (χ3n) is 3.45. The molecule has 2 aromatic heterocycles. The van der Waals surface area contributed by atoms with Crippen molar-refractivity contribution in [2.24, 2.45) is 0 Å². The summed E-state index contributed by atoms with van der Waals surface area (Å²) in [5.41, 5.74) is 0.196. The van der Waals surface area contributed by atoms with Crippen LogP contribution in [0, 0.1) is 5.82 Å². The summed E-state index contributed by atoms with van der Waals surface area (Å²) in [5, 5.41) is 3.73. The van der Waals surface area contributed by atoms with Crippen LogP contribution in [0.2, 0.25) is 0 Å². The van der Waals surface area contributed by atoms with E-state index in [-0.39, 0.29) is 11.0 Å². The van der Waals surface area contributed by atoms with Gasteiger partial charge in [-0.05, 0) is 37.3 Å². The van der Waals surface area contributed by atoms with Gasteiger partial charge >= 0.3 is 6.18 Å². The average Bonchev–Trinajstić information content (AvgIpc) is 3.10. The molecule has 146 valence electrons. The SMILES string of the molecule is CC(Sc1nccc(C(F)(F)F)n1)C(=O)Nc1nc(-c2ccc(F)cc2)cs1. The van der Waals surface area contributed by atoms with Crippen molar-refractivity contribution in [2.75, 3.05) is 5.32 Å². The number of anilines is 1. The number of rotatable bonds is 5. The summed E-state index contributed by atoms with van der Waals surface area (Å²) in [4.78, 5) is 23.7. The van der Waals surface area contributed by atoms with Gasteiger partial charge in [-0.25, -0.2) is 19.3 Å². The average molecular weight is 428 g/mol. The summed E-state index contributed by atoms with van der Waals surface area (Å²) >= 11 is 1.99. The Morgan fingerprint density at radius 2 is 1.89 bits per heavy atom. The number of alkyl halides is 3. The van der Waals surface area contributed by atoms with Crippen molar-refractivity contribution in [3.05, 3.63) is 53.4 Å². The van der Waals surface area contributed by atoms with E-state index in [2.05, 4.69) is 20.3 Å². The number of nitrogens with zero attached hydrogens (tertiary/aromatic N) is 3. The molecule has 3 rings (SSSR count). The molecule has 5 nitrogen and oxygen atoms in total. The molecule has 0 aliphatic carbocycles. The van der Waals surface area contributed by atoms with Gasteiger partial charge in [-0.2, -0.15) is 13.2 Å². The molecule has 0 fully saturated rings. The minimum Gasteiger partial charge on any atom is -0.301 e. The van der Waals surface area contributed by atoms with Gasteiger partial charge in [0.25, 0.3) is 0 Å². The second-order valence-electron chi connectivity index (χ2n) is 5.52. The standard InChI is InChI=1S/C17H12F4N4OS2/c1-9(28-15-22-7-6-13(24-15)17(19,20)21)14(26)25-16-23-12(8-27-16)10-2-4-11(18)5-3-10/h2-9H,1H3,(H,23,25,26). The summed E-state index contributed by atoms with van der Waals surface area (Å²) in [6.07, 6.45) is -3.58. The van der Waals surface area contributed by atoms with Crippen LogP contribution < -0.4 is 5.32 Å². The molecule has 0 saturated carbocycles. The molecule has 1 N–H and O–H groups in total. The highest BCUT2D eigenvalue weighted by atomic mass is 32.2. The number of amides is 1. The van der Waals surface area contributed by atoms with E-state index in [1.807, 2.05) is 0 Å². The first-order valence-electron chi connectivity index (χ1n) is 7.81. The lowest BCUT2D eigenvalue weighted by Gasteiger charge is -2.10. The Hall–Kier alpha value is -2.53. The molecule has 0 aliphatic heterocycles. The third kappa shape index (κ3) is 5.04. The lowest BCUT2D eigenvalue weighted by atomic mass is 10.2. The molecule has 0 aliphatic rings. The van der Waals surface area contributed by atoms with Gasteiger partial charge in [-0.3, -0.25) is 4.79 Å². The lowest BCUT2D eigenvalue weighted by Crippen LogP contribution is -2.22. The van der Waals surface area contributed by atoms with Crippen molar-refractivity contribution in [2.45, 2.75) is 23.5 Å². The van der Waals surface area contributed by atoms with E-state index in [4.69, 9.17) is 0 Å². The van der Waals surface area contributed by atoms with Gasteiger partial charge in [-0.1, -0.05) is 11.8 Å².